The fourth-order valence-electron chi connectivity index (χ4n) is 3.53. The van der Waals surface area contributed by atoms with Gasteiger partial charge >= 0.3 is 5.97 Å². The first kappa shape index (κ1) is 21.8. The monoisotopic (exact) mass is 441 g/mol. The van der Waals surface area contributed by atoms with Crippen LogP contribution in [0.15, 0.2) is 78.9 Å². The number of methoxy groups -OCH3 is 1. The first-order chi connectivity index (χ1) is 16.0. The summed E-state index contributed by atoms with van der Waals surface area (Å²) in [5.41, 5.74) is 4.27. The normalized spacial score (nSPS) is 10.5. The number of benzene rings is 3. The van der Waals surface area contributed by atoms with Crippen LogP contribution in [0.4, 0.5) is 5.69 Å². The summed E-state index contributed by atoms with van der Waals surface area (Å²) in [6.45, 7) is 2.81. The van der Waals surface area contributed by atoms with E-state index in [4.69, 9.17) is 14.6 Å². The van der Waals surface area contributed by atoms with Crippen molar-refractivity contribution in [1.29, 1.82) is 0 Å². The summed E-state index contributed by atoms with van der Waals surface area (Å²) in [4.78, 5) is 23.5. The number of rotatable bonds is 6. The molecule has 0 atom stereocenters. The van der Waals surface area contributed by atoms with Gasteiger partial charge in [-0.2, -0.15) is 9.78 Å². The van der Waals surface area contributed by atoms with Gasteiger partial charge in [0, 0.05) is 25.1 Å². The SMILES string of the molecule is COc1cccc(-c2nn(-c3ccccc3)c(OC(C)=O)c2-c2ccc(NC(C)=O)cc2)c1. The van der Waals surface area contributed by atoms with Crippen molar-refractivity contribution in [3.05, 3.63) is 78.9 Å². The minimum absolute atomic E-state index is 0.155. The molecule has 7 heteroatoms. The molecule has 0 spiro atoms. The van der Waals surface area contributed by atoms with E-state index in [0.717, 1.165) is 16.8 Å². The number of carbonyl (C=O) groups is 2. The molecule has 166 valence electrons. The Bertz CT molecular complexity index is 1300. The van der Waals surface area contributed by atoms with Crippen molar-refractivity contribution >= 4 is 17.6 Å². The molecule has 0 fully saturated rings. The first-order valence-corrected chi connectivity index (χ1v) is 10.4. The lowest BCUT2D eigenvalue weighted by molar-refractivity contribution is -0.132. The second-order valence-corrected chi connectivity index (χ2v) is 7.36. The van der Waals surface area contributed by atoms with E-state index in [0.29, 0.717) is 28.6 Å². The summed E-state index contributed by atoms with van der Waals surface area (Å²) in [5, 5.41) is 7.60. The van der Waals surface area contributed by atoms with Gasteiger partial charge in [0.2, 0.25) is 11.8 Å². The minimum Gasteiger partial charge on any atom is -0.497 e. The van der Waals surface area contributed by atoms with Crippen molar-refractivity contribution in [2.45, 2.75) is 13.8 Å². The van der Waals surface area contributed by atoms with Gasteiger partial charge < -0.3 is 14.8 Å². The summed E-state index contributed by atoms with van der Waals surface area (Å²) >= 11 is 0. The number of aromatic nitrogens is 2. The third-order valence-electron chi connectivity index (χ3n) is 4.92. The Morgan fingerprint density at radius 1 is 0.879 bits per heavy atom. The Morgan fingerprint density at radius 3 is 2.24 bits per heavy atom. The van der Waals surface area contributed by atoms with Gasteiger partial charge in [-0.05, 0) is 42.0 Å². The molecule has 1 amide bonds. The number of ether oxygens (including phenoxy) is 2. The highest BCUT2D eigenvalue weighted by Gasteiger charge is 2.24. The number of esters is 1. The maximum absolute atomic E-state index is 12.1. The highest BCUT2D eigenvalue weighted by molar-refractivity contribution is 5.91. The summed E-state index contributed by atoms with van der Waals surface area (Å²) in [6.07, 6.45) is 0. The van der Waals surface area contributed by atoms with Crippen LogP contribution < -0.4 is 14.8 Å². The van der Waals surface area contributed by atoms with Crippen LogP contribution in [0.2, 0.25) is 0 Å². The minimum atomic E-state index is -0.458. The molecule has 0 saturated heterocycles. The van der Waals surface area contributed by atoms with Crippen LogP contribution >= 0.6 is 0 Å². The van der Waals surface area contributed by atoms with Crippen molar-refractivity contribution in [1.82, 2.24) is 9.78 Å². The zero-order chi connectivity index (χ0) is 23.4. The number of nitrogens with one attached hydrogen (secondary N) is 1. The van der Waals surface area contributed by atoms with Crippen LogP contribution in [0.3, 0.4) is 0 Å². The fraction of sp³-hybridized carbons (Fsp3) is 0.115. The van der Waals surface area contributed by atoms with Crippen molar-refractivity contribution in [3.8, 4) is 39.7 Å². The topological polar surface area (TPSA) is 82.4 Å². The Balaban J connectivity index is 1.97. The highest BCUT2D eigenvalue weighted by atomic mass is 16.5. The van der Waals surface area contributed by atoms with Crippen molar-refractivity contribution in [2.24, 2.45) is 0 Å². The Hall–Kier alpha value is -4.39. The van der Waals surface area contributed by atoms with Crippen LogP contribution in [0.25, 0.3) is 28.1 Å². The van der Waals surface area contributed by atoms with E-state index in [9.17, 15) is 9.59 Å². The summed E-state index contributed by atoms with van der Waals surface area (Å²) in [6, 6.07) is 24.3. The molecule has 0 saturated carbocycles. The van der Waals surface area contributed by atoms with Crippen LogP contribution in [0, 0.1) is 0 Å². The lowest BCUT2D eigenvalue weighted by Crippen LogP contribution is -2.08. The van der Waals surface area contributed by atoms with Crippen molar-refractivity contribution in [3.63, 3.8) is 0 Å². The second-order valence-electron chi connectivity index (χ2n) is 7.36. The molecular formula is C26H23N3O4. The molecule has 1 heterocycles. The van der Waals surface area contributed by atoms with Crippen LogP contribution in [0.1, 0.15) is 13.8 Å². The average Bonchev–Trinajstić information content (AvgIpc) is 3.18. The van der Waals surface area contributed by atoms with E-state index in [-0.39, 0.29) is 5.91 Å². The van der Waals surface area contributed by atoms with E-state index < -0.39 is 5.97 Å². The molecule has 0 aliphatic rings. The Morgan fingerprint density at radius 2 is 1.61 bits per heavy atom. The lowest BCUT2D eigenvalue weighted by Gasteiger charge is -2.10. The van der Waals surface area contributed by atoms with Gasteiger partial charge in [-0.15, -0.1) is 0 Å². The molecule has 33 heavy (non-hydrogen) atoms. The number of amides is 1. The second kappa shape index (κ2) is 9.40. The average molecular weight is 441 g/mol. The number of carbonyl (C=O) groups excluding carboxylic acids is 2. The van der Waals surface area contributed by atoms with Crippen LogP contribution in [0.5, 0.6) is 11.6 Å². The van der Waals surface area contributed by atoms with E-state index in [2.05, 4.69) is 5.32 Å². The predicted octanol–water partition coefficient (Wildman–Crippen LogP) is 5.10. The standard InChI is InChI=1S/C26H23N3O4/c1-17(30)27-21-14-12-19(13-15-21)24-25(20-8-7-11-23(16-20)32-3)28-29(26(24)33-18(2)31)22-9-5-4-6-10-22/h4-16H,1-3H3,(H,27,30). The predicted molar refractivity (Wildman–Crippen MR) is 127 cm³/mol. The quantitative estimate of drug-likeness (QED) is 0.421. The van der Waals surface area contributed by atoms with Gasteiger partial charge in [0.1, 0.15) is 11.4 Å². The number of hydrogen-bond donors (Lipinski definition) is 1. The molecule has 3 aromatic carbocycles. The van der Waals surface area contributed by atoms with Gasteiger partial charge in [-0.1, -0.05) is 42.5 Å². The molecule has 0 unspecified atom stereocenters. The van der Waals surface area contributed by atoms with E-state index >= 15 is 0 Å². The highest BCUT2D eigenvalue weighted by Crippen LogP contribution is 2.41. The maximum Gasteiger partial charge on any atom is 0.309 e. The summed E-state index contributed by atoms with van der Waals surface area (Å²) < 4.78 is 12.7. The lowest BCUT2D eigenvalue weighted by atomic mass is 10.0. The smallest absolute Gasteiger partial charge is 0.309 e. The zero-order valence-corrected chi connectivity index (χ0v) is 18.5. The third kappa shape index (κ3) is 4.77. The summed E-state index contributed by atoms with van der Waals surface area (Å²) in [5.74, 6) is 0.374. The molecule has 1 aromatic heterocycles. The van der Waals surface area contributed by atoms with Gasteiger partial charge in [0.25, 0.3) is 0 Å². The molecule has 0 radical (unpaired) electrons. The van der Waals surface area contributed by atoms with Gasteiger partial charge in [0.05, 0.1) is 18.4 Å². The molecule has 0 aliphatic heterocycles. The maximum atomic E-state index is 12.1. The third-order valence-corrected chi connectivity index (χ3v) is 4.92. The van der Waals surface area contributed by atoms with E-state index in [1.54, 1.807) is 23.9 Å². The zero-order valence-electron chi connectivity index (χ0n) is 18.5. The van der Waals surface area contributed by atoms with Crippen molar-refractivity contribution in [2.75, 3.05) is 12.4 Å². The van der Waals surface area contributed by atoms with Gasteiger partial charge in [-0.25, -0.2) is 0 Å². The van der Waals surface area contributed by atoms with Crippen molar-refractivity contribution < 1.29 is 19.1 Å². The van der Waals surface area contributed by atoms with E-state index in [1.165, 1.54) is 13.8 Å². The number of nitrogens with zero attached hydrogens (tertiary/aromatic N) is 2. The molecule has 7 nitrogen and oxygen atoms in total. The molecule has 0 aliphatic carbocycles. The molecule has 1 N–H and O–H groups in total. The first-order valence-electron chi connectivity index (χ1n) is 10.4. The number of para-hydroxylation sites is 1. The van der Waals surface area contributed by atoms with Gasteiger partial charge in [0.15, 0.2) is 0 Å². The Kier molecular flexibility index (Phi) is 6.22. The van der Waals surface area contributed by atoms with Gasteiger partial charge in [-0.3, -0.25) is 9.59 Å². The fourth-order valence-corrected chi connectivity index (χ4v) is 3.53. The van der Waals surface area contributed by atoms with Crippen LogP contribution in [-0.2, 0) is 9.59 Å². The largest absolute Gasteiger partial charge is 0.497 e. The number of hydrogen-bond acceptors (Lipinski definition) is 5. The summed E-state index contributed by atoms with van der Waals surface area (Å²) in [7, 11) is 1.60. The van der Waals surface area contributed by atoms with Crippen LogP contribution in [-0.4, -0.2) is 28.8 Å². The number of anilines is 1. The Labute approximate surface area is 191 Å². The molecular weight excluding hydrogens is 418 g/mol. The molecule has 0 bridgehead atoms. The molecule has 4 rings (SSSR count). The van der Waals surface area contributed by atoms with E-state index in [1.807, 2.05) is 66.7 Å². The molecule has 4 aromatic rings.